The van der Waals surface area contributed by atoms with Crippen LogP contribution in [0.1, 0.15) is 5.56 Å². The van der Waals surface area contributed by atoms with Crippen molar-refractivity contribution in [2.75, 3.05) is 0 Å². The highest BCUT2D eigenvalue weighted by molar-refractivity contribution is 8.13. The van der Waals surface area contributed by atoms with Gasteiger partial charge in [-0.3, -0.25) is 0 Å². The van der Waals surface area contributed by atoms with E-state index in [4.69, 9.17) is 15.4 Å². The Morgan fingerprint density at radius 1 is 1.05 bits per heavy atom. The second kappa shape index (κ2) is 5.59. The molecule has 0 spiro atoms. The van der Waals surface area contributed by atoms with E-state index in [9.17, 15) is 12.8 Å². The lowest BCUT2D eigenvalue weighted by Crippen LogP contribution is -1.98. The van der Waals surface area contributed by atoms with Crippen molar-refractivity contribution in [1.29, 1.82) is 0 Å². The zero-order valence-corrected chi connectivity index (χ0v) is 11.3. The Bertz CT molecular complexity index is 669. The zero-order valence-electron chi connectivity index (χ0n) is 9.71. The lowest BCUT2D eigenvalue weighted by molar-refractivity contribution is 0.290. The lowest BCUT2D eigenvalue weighted by Gasteiger charge is -2.07. The molecule has 0 radical (unpaired) electrons. The minimum Gasteiger partial charge on any atom is -0.486 e. The van der Waals surface area contributed by atoms with Crippen LogP contribution in [0.2, 0.25) is 0 Å². The summed E-state index contributed by atoms with van der Waals surface area (Å²) in [6.45, 7) is 0.142. The Kier molecular flexibility index (Phi) is 4.07. The first-order chi connectivity index (χ1) is 8.97. The van der Waals surface area contributed by atoms with Crippen LogP contribution in [0.15, 0.2) is 53.4 Å². The van der Waals surface area contributed by atoms with E-state index in [1.807, 2.05) is 0 Å². The van der Waals surface area contributed by atoms with Gasteiger partial charge in [-0.2, -0.15) is 0 Å². The van der Waals surface area contributed by atoms with E-state index in [0.717, 1.165) is 0 Å². The molecule has 100 valence electrons. The summed E-state index contributed by atoms with van der Waals surface area (Å²) in [5, 5.41) is 0. The molecule has 0 amide bonds. The average Bonchev–Trinajstić information content (AvgIpc) is 2.37. The van der Waals surface area contributed by atoms with Gasteiger partial charge in [-0.05, 0) is 29.8 Å². The fraction of sp³-hybridized carbons (Fsp3) is 0.0769. The van der Waals surface area contributed by atoms with Crippen LogP contribution >= 0.6 is 10.7 Å². The molecule has 6 heteroatoms. The summed E-state index contributed by atoms with van der Waals surface area (Å²) in [5.41, 5.74) is 0.715. The summed E-state index contributed by atoms with van der Waals surface area (Å²) in [4.78, 5) is 0.0174. The maximum absolute atomic E-state index is 13.3. The molecule has 0 saturated heterocycles. The van der Waals surface area contributed by atoms with Gasteiger partial charge < -0.3 is 4.74 Å². The number of hydrogen-bond acceptors (Lipinski definition) is 3. The number of benzene rings is 2. The summed E-state index contributed by atoms with van der Waals surface area (Å²) in [7, 11) is 1.47. The van der Waals surface area contributed by atoms with Crippen molar-refractivity contribution in [3.63, 3.8) is 0 Å². The van der Waals surface area contributed by atoms with E-state index in [1.165, 1.54) is 24.3 Å². The Balaban J connectivity index is 2.07. The number of para-hydroxylation sites is 1. The first-order valence-electron chi connectivity index (χ1n) is 5.38. The van der Waals surface area contributed by atoms with E-state index in [0.29, 0.717) is 5.56 Å². The van der Waals surface area contributed by atoms with Crippen LogP contribution in [0.25, 0.3) is 0 Å². The van der Waals surface area contributed by atoms with Crippen LogP contribution in [0.3, 0.4) is 0 Å². The summed E-state index contributed by atoms with van der Waals surface area (Å²) in [5.74, 6) is -0.293. The topological polar surface area (TPSA) is 43.4 Å². The summed E-state index contributed by atoms with van der Waals surface area (Å²) in [6.07, 6.45) is 0. The summed E-state index contributed by atoms with van der Waals surface area (Å²) >= 11 is 0. The molecule has 2 aromatic rings. The van der Waals surface area contributed by atoms with Gasteiger partial charge in [0.2, 0.25) is 0 Å². The Hall–Kier alpha value is -1.59. The van der Waals surface area contributed by atoms with E-state index in [-0.39, 0.29) is 17.3 Å². The molecule has 19 heavy (non-hydrogen) atoms. The predicted octanol–water partition coefficient (Wildman–Crippen LogP) is 3.33. The zero-order chi connectivity index (χ0) is 13.9. The molecule has 0 saturated carbocycles. The second-order valence-corrected chi connectivity index (χ2v) is 6.37. The van der Waals surface area contributed by atoms with E-state index in [2.05, 4.69) is 0 Å². The van der Waals surface area contributed by atoms with Gasteiger partial charge in [0.1, 0.15) is 6.61 Å². The normalized spacial score (nSPS) is 11.3. The number of halogens is 2. The molecule has 3 nitrogen and oxygen atoms in total. The largest absolute Gasteiger partial charge is 0.486 e. The van der Waals surface area contributed by atoms with Gasteiger partial charge >= 0.3 is 0 Å². The molecule has 0 unspecified atom stereocenters. The van der Waals surface area contributed by atoms with Crippen LogP contribution in [-0.2, 0) is 15.7 Å². The Labute approximate surface area is 115 Å². The minimum atomic E-state index is -3.72. The van der Waals surface area contributed by atoms with Gasteiger partial charge in [0, 0.05) is 10.7 Å². The van der Waals surface area contributed by atoms with Crippen molar-refractivity contribution in [2.45, 2.75) is 11.5 Å². The highest BCUT2D eigenvalue weighted by Crippen LogP contribution is 2.19. The van der Waals surface area contributed by atoms with Gasteiger partial charge in [0.15, 0.2) is 11.6 Å². The summed E-state index contributed by atoms with van der Waals surface area (Å²) < 4.78 is 40.7. The van der Waals surface area contributed by atoms with Gasteiger partial charge in [0.05, 0.1) is 4.90 Å². The van der Waals surface area contributed by atoms with E-state index >= 15 is 0 Å². The van der Waals surface area contributed by atoms with Crippen LogP contribution < -0.4 is 4.74 Å². The van der Waals surface area contributed by atoms with Crippen LogP contribution in [0.4, 0.5) is 4.39 Å². The molecular weight excluding hydrogens is 291 g/mol. The molecule has 0 aliphatic carbocycles. The van der Waals surface area contributed by atoms with Gasteiger partial charge in [-0.15, -0.1) is 0 Å². The fourth-order valence-corrected chi connectivity index (χ4v) is 2.24. The molecule has 0 atom stereocenters. The molecular formula is C13H10ClFO3S. The standard InChI is InChI=1S/C13H10ClFO3S/c14-19(16,17)11-7-5-10(6-8-11)9-18-13-4-2-1-3-12(13)15/h1-8H,9H2. The van der Waals surface area contributed by atoms with Crippen molar-refractivity contribution in [1.82, 2.24) is 0 Å². The number of rotatable bonds is 4. The SMILES string of the molecule is O=S(=O)(Cl)c1ccc(COc2ccccc2F)cc1. The highest BCUT2D eigenvalue weighted by Gasteiger charge is 2.09. The van der Waals surface area contributed by atoms with Crippen LogP contribution in [0, 0.1) is 5.82 Å². The second-order valence-electron chi connectivity index (χ2n) is 3.80. The predicted molar refractivity (Wildman–Crippen MR) is 70.2 cm³/mol. The molecule has 0 N–H and O–H groups in total. The molecule has 2 rings (SSSR count). The van der Waals surface area contributed by atoms with E-state index in [1.54, 1.807) is 24.3 Å². The third-order valence-electron chi connectivity index (χ3n) is 2.44. The molecule has 0 aromatic heterocycles. The van der Waals surface area contributed by atoms with E-state index < -0.39 is 14.9 Å². The quantitative estimate of drug-likeness (QED) is 0.814. The lowest BCUT2D eigenvalue weighted by atomic mass is 10.2. The molecule has 0 bridgehead atoms. The maximum atomic E-state index is 13.3. The molecule has 0 heterocycles. The number of hydrogen-bond donors (Lipinski definition) is 0. The fourth-order valence-electron chi connectivity index (χ4n) is 1.47. The Morgan fingerprint density at radius 2 is 1.68 bits per heavy atom. The monoisotopic (exact) mass is 300 g/mol. The van der Waals surface area contributed by atoms with Gasteiger partial charge in [-0.1, -0.05) is 24.3 Å². The highest BCUT2D eigenvalue weighted by atomic mass is 35.7. The first kappa shape index (κ1) is 13.8. The maximum Gasteiger partial charge on any atom is 0.261 e. The average molecular weight is 301 g/mol. The molecule has 2 aromatic carbocycles. The van der Waals surface area contributed by atoms with Crippen molar-refractivity contribution in [3.05, 3.63) is 59.9 Å². The molecule has 0 aliphatic rings. The molecule has 0 fully saturated rings. The van der Waals surface area contributed by atoms with Crippen LogP contribution in [-0.4, -0.2) is 8.42 Å². The van der Waals surface area contributed by atoms with Crippen molar-refractivity contribution < 1.29 is 17.5 Å². The summed E-state index contributed by atoms with van der Waals surface area (Å²) in [6, 6.07) is 12.0. The third-order valence-corrected chi connectivity index (χ3v) is 3.81. The van der Waals surface area contributed by atoms with Crippen molar-refractivity contribution in [2.24, 2.45) is 0 Å². The first-order valence-corrected chi connectivity index (χ1v) is 7.69. The smallest absolute Gasteiger partial charge is 0.261 e. The van der Waals surface area contributed by atoms with Crippen molar-refractivity contribution >= 4 is 19.7 Å². The number of ether oxygens (including phenoxy) is 1. The molecule has 0 aliphatic heterocycles. The Morgan fingerprint density at radius 3 is 2.26 bits per heavy atom. The van der Waals surface area contributed by atoms with Crippen LogP contribution in [0.5, 0.6) is 5.75 Å². The van der Waals surface area contributed by atoms with Gasteiger partial charge in [-0.25, -0.2) is 12.8 Å². The van der Waals surface area contributed by atoms with Crippen molar-refractivity contribution in [3.8, 4) is 5.75 Å². The third kappa shape index (κ3) is 3.68. The van der Waals surface area contributed by atoms with Gasteiger partial charge in [0.25, 0.3) is 9.05 Å². The minimum absolute atomic E-state index is 0.0174.